The van der Waals surface area contributed by atoms with Crippen LogP contribution in [0.2, 0.25) is 0 Å². The van der Waals surface area contributed by atoms with Crippen LogP contribution in [0, 0.1) is 0 Å². The number of hydrogen-bond donors (Lipinski definition) is 1. The zero-order valence-corrected chi connectivity index (χ0v) is 15.1. The van der Waals surface area contributed by atoms with Gasteiger partial charge >= 0.3 is 11.6 Å². The first-order valence-corrected chi connectivity index (χ1v) is 8.57. The quantitative estimate of drug-likeness (QED) is 0.527. The van der Waals surface area contributed by atoms with Gasteiger partial charge in [-0.15, -0.1) is 0 Å². The second-order valence-electron chi connectivity index (χ2n) is 6.41. The lowest BCUT2D eigenvalue weighted by atomic mass is 10.0. The van der Waals surface area contributed by atoms with Gasteiger partial charge < -0.3 is 19.0 Å². The summed E-state index contributed by atoms with van der Waals surface area (Å²) in [6, 6.07) is 13.2. The Morgan fingerprint density at radius 1 is 1.15 bits per heavy atom. The van der Waals surface area contributed by atoms with E-state index in [0.29, 0.717) is 16.7 Å². The van der Waals surface area contributed by atoms with Gasteiger partial charge in [-0.05, 0) is 29.7 Å². The third kappa shape index (κ3) is 4.47. The Hall–Kier alpha value is -3.28. The van der Waals surface area contributed by atoms with Gasteiger partial charge in [-0.1, -0.05) is 32.0 Å². The molecule has 0 saturated heterocycles. The Bertz CT molecular complexity index is 1020. The highest BCUT2D eigenvalue weighted by Crippen LogP contribution is 2.26. The normalized spacial score (nSPS) is 10.9. The van der Waals surface area contributed by atoms with Crippen LogP contribution in [0.25, 0.3) is 11.0 Å². The average molecular weight is 368 g/mol. The maximum Gasteiger partial charge on any atom is 0.344 e. The predicted molar refractivity (Wildman–Crippen MR) is 100.0 cm³/mol. The summed E-state index contributed by atoms with van der Waals surface area (Å²) in [5, 5.41) is 10.1. The van der Waals surface area contributed by atoms with E-state index in [-0.39, 0.29) is 30.5 Å². The van der Waals surface area contributed by atoms with Gasteiger partial charge in [0.1, 0.15) is 23.7 Å². The maximum atomic E-state index is 12.1. The van der Waals surface area contributed by atoms with Crippen molar-refractivity contribution in [2.45, 2.75) is 26.4 Å². The highest BCUT2D eigenvalue weighted by molar-refractivity contribution is 5.81. The number of para-hydroxylation sites is 1. The first-order valence-electron chi connectivity index (χ1n) is 8.57. The maximum absolute atomic E-state index is 12.1. The predicted octanol–water partition coefficient (Wildman–Crippen LogP) is 3.74. The summed E-state index contributed by atoms with van der Waals surface area (Å²) in [4.78, 5) is 23.7. The fourth-order valence-corrected chi connectivity index (χ4v) is 2.76. The van der Waals surface area contributed by atoms with Crippen LogP contribution in [0.1, 0.15) is 30.9 Å². The monoisotopic (exact) mass is 368 g/mol. The second-order valence-corrected chi connectivity index (χ2v) is 6.41. The zero-order valence-electron chi connectivity index (χ0n) is 15.1. The number of carbonyl (C=O) groups is 1. The van der Waals surface area contributed by atoms with Crippen molar-refractivity contribution in [1.29, 1.82) is 0 Å². The fourth-order valence-electron chi connectivity index (χ4n) is 2.76. The number of carbonyl (C=O) groups excluding carboxylic acids is 1. The molecular weight excluding hydrogens is 348 g/mol. The molecule has 0 aliphatic carbocycles. The van der Waals surface area contributed by atoms with Gasteiger partial charge in [-0.3, -0.25) is 0 Å². The van der Waals surface area contributed by atoms with Gasteiger partial charge in [0, 0.05) is 23.1 Å². The fraction of sp³-hybridized carbons (Fsp3) is 0.238. The average Bonchev–Trinajstić information content (AvgIpc) is 2.64. The zero-order chi connectivity index (χ0) is 19.4. The molecular formula is C21H20O6. The van der Waals surface area contributed by atoms with Crippen LogP contribution in [-0.2, 0) is 16.1 Å². The van der Waals surface area contributed by atoms with Gasteiger partial charge in [0.15, 0.2) is 6.61 Å². The summed E-state index contributed by atoms with van der Waals surface area (Å²) in [5.41, 5.74) is 1.16. The third-order valence-electron chi connectivity index (χ3n) is 4.09. The minimum atomic E-state index is -0.582. The summed E-state index contributed by atoms with van der Waals surface area (Å²) >= 11 is 0. The standard InChI is InChI=1S/C21H20O6/c1-13(2)16-5-3-4-6-18(16)25-12-21(24)26-11-14-9-20(23)27-19-10-15(22)7-8-17(14)19/h3-10,13,22H,11-12H2,1-2H3. The number of hydrogen-bond acceptors (Lipinski definition) is 6. The van der Waals surface area contributed by atoms with Crippen molar-refractivity contribution in [3.05, 3.63) is 70.1 Å². The van der Waals surface area contributed by atoms with Crippen LogP contribution >= 0.6 is 0 Å². The molecule has 0 spiro atoms. The molecule has 27 heavy (non-hydrogen) atoms. The summed E-state index contributed by atoms with van der Waals surface area (Å²) in [6.07, 6.45) is 0. The van der Waals surface area contributed by atoms with Crippen molar-refractivity contribution < 1.29 is 23.8 Å². The third-order valence-corrected chi connectivity index (χ3v) is 4.09. The topological polar surface area (TPSA) is 86.0 Å². The Kier molecular flexibility index (Phi) is 5.45. The lowest BCUT2D eigenvalue weighted by Crippen LogP contribution is -2.16. The van der Waals surface area contributed by atoms with E-state index in [9.17, 15) is 14.7 Å². The molecule has 0 amide bonds. The van der Waals surface area contributed by atoms with E-state index >= 15 is 0 Å². The SMILES string of the molecule is CC(C)c1ccccc1OCC(=O)OCc1cc(=O)oc2cc(O)ccc12. The number of esters is 1. The van der Waals surface area contributed by atoms with Crippen LogP contribution in [0.15, 0.2) is 57.7 Å². The van der Waals surface area contributed by atoms with E-state index in [0.717, 1.165) is 5.56 Å². The first-order chi connectivity index (χ1) is 12.9. The Labute approximate surface area is 156 Å². The number of rotatable bonds is 6. The van der Waals surface area contributed by atoms with E-state index in [1.807, 2.05) is 38.1 Å². The van der Waals surface area contributed by atoms with Crippen molar-refractivity contribution in [2.24, 2.45) is 0 Å². The summed E-state index contributed by atoms with van der Waals surface area (Å²) in [6.45, 7) is 3.76. The Morgan fingerprint density at radius 2 is 1.93 bits per heavy atom. The molecule has 6 nitrogen and oxygen atoms in total. The minimum Gasteiger partial charge on any atom is -0.508 e. The molecule has 6 heteroatoms. The van der Waals surface area contributed by atoms with Crippen molar-refractivity contribution in [3.8, 4) is 11.5 Å². The lowest BCUT2D eigenvalue weighted by Gasteiger charge is -2.13. The summed E-state index contributed by atoms with van der Waals surface area (Å²) in [5.74, 6) is 0.347. The summed E-state index contributed by atoms with van der Waals surface area (Å²) in [7, 11) is 0. The van der Waals surface area contributed by atoms with Gasteiger partial charge in [-0.2, -0.15) is 0 Å². The first kappa shape index (κ1) is 18.5. The largest absolute Gasteiger partial charge is 0.508 e. The van der Waals surface area contributed by atoms with E-state index in [1.165, 1.54) is 18.2 Å². The molecule has 0 unspecified atom stereocenters. The molecule has 140 valence electrons. The van der Waals surface area contributed by atoms with E-state index in [1.54, 1.807) is 6.07 Å². The van der Waals surface area contributed by atoms with Crippen molar-refractivity contribution in [3.63, 3.8) is 0 Å². The van der Waals surface area contributed by atoms with Gasteiger partial charge in [0.25, 0.3) is 0 Å². The molecule has 0 radical (unpaired) electrons. The van der Waals surface area contributed by atoms with Crippen LogP contribution in [0.5, 0.6) is 11.5 Å². The lowest BCUT2D eigenvalue weighted by molar-refractivity contribution is -0.147. The molecule has 0 atom stereocenters. The number of phenolic OH excluding ortho intramolecular Hbond substituents is 1. The van der Waals surface area contributed by atoms with E-state index in [2.05, 4.69) is 0 Å². The number of fused-ring (bicyclic) bond motifs is 1. The van der Waals surface area contributed by atoms with Crippen LogP contribution in [-0.4, -0.2) is 17.7 Å². The summed E-state index contributed by atoms with van der Waals surface area (Å²) < 4.78 is 15.9. The molecule has 0 saturated carbocycles. The molecule has 3 aromatic rings. The molecule has 2 aromatic carbocycles. The van der Waals surface area contributed by atoms with Crippen molar-refractivity contribution in [1.82, 2.24) is 0 Å². The molecule has 0 aliphatic rings. The van der Waals surface area contributed by atoms with Gasteiger partial charge in [-0.25, -0.2) is 9.59 Å². The number of phenols is 1. The van der Waals surface area contributed by atoms with E-state index < -0.39 is 11.6 Å². The number of benzene rings is 2. The van der Waals surface area contributed by atoms with Gasteiger partial charge in [0.2, 0.25) is 0 Å². The molecule has 3 rings (SSSR count). The Morgan fingerprint density at radius 3 is 2.70 bits per heavy atom. The minimum absolute atomic E-state index is 0.0167. The smallest absolute Gasteiger partial charge is 0.344 e. The molecule has 0 bridgehead atoms. The van der Waals surface area contributed by atoms with Crippen molar-refractivity contribution in [2.75, 3.05) is 6.61 Å². The van der Waals surface area contributed by atoms with Crippen molar-refractivity contribution >= 4 is 16.9 Å². The van der Waals surface area contributed by atoms with Crippen LogP contribution in [0.4, 0.5) is 0 Å². The molecule has 1 N–H and O–H groups in total. The van der Waals surface area contributed by atoms with Gasteiger partial charge in [0.05, 0.1) is 0 Å². The van der Waals surface area contributed by atoms with Crippen LogP contribution in [0.3, 0.4) is 0 Å². The highest BCUT2D eigenvalue weighted by Gasteiger charge is 2.12. The Balaban J connectivity index is 1.67. The second kappa shape index (κ2) is 7.95. The number of aromatic hydroxyl groups is 1. The highest BCUT2D eigenvalue weighted by atomic mass is 16.6. The molecule has 1 aromatic heterocycles. The number of ether oxygens (including phenoxy) is 2. The molecule has 1 heterocycles. The van der Waals surface area contributed by atoms with E-state index in [4.69, 9.17) is 13.9 Å². The molecule has 0 fully saturated rings. The van der Waals surface area contributed by atoms with Crippen LogP contribution < -0.4 is 10.4 Å². The molecule has 0 aliphatic heterocycles.